The minimum Gasteiger partial charge on any atom is -0.392 e. The van der Waals surface area contributed by atoms with Crippen LogP contribution in [0.1, 0.15) is 58.0 Å². The maximum atomic E-state index is 9.80. The fraction of sp³-hybridized carbons (Fsp3) is 0.611. The minimum atomic E-state index is 0.153. The lowest BCUT2D eigenvalue weighted by Crippen LogP contribution is -2.39. The van der Waals surface area contributed by atoms with Gasteiger partial charge in [-0.05, 0) is 43.7 Å². The Morgan fingerprint density at radius 2 is 1.90 bits per heavy atom. The van der Waals surface area contributed by atoms with E-state index in [-0.39, 0.29) is 12.6 Å². The van der Waals surface area contributed by atoms with Crippen LogP contribution in [0.15, 0.2) is 30.6 Å². The van der Waals surface area contributed by atoms with Gasteiger partial charge in [-0.1, -0.05) is 32.4 Å². The standard InChI is InChI=1S/C18H27N2O/c1-14(2)18(12-21)20-13-19(15-8-4-3-5-9-15)16-10-6-7-11-17(16)20/h6-7,10-11,13-15,18,21H,3-5,8-9,12H2,1-2H3/q+1. The number of fused-ring (bicyclic) bond motifs is 1. The van der Waals surface area contributed by atoms with E-state index in [0.29, 0.717) is 12.0 Å². The van der Waals surface area contributed by atoms with Crippen LogP contribution in [0.25, 0.3) is 11.0 Å². The Labute approximate surface area is 127 Å². The van der Waals surface area contributed by atoms with E-state index in [9.17, 15) is 5.11 Å². The fourth-order valence-electron chi connectivity index (χ4n) is 3.69. The van der Waals surface area contributed by atoms with E-state index in [0.717, 1.165) is 0 Å². The summed E-state index contributed by atoms with van der Waals surface area (Å²) >= 11 is 0. The fourth-order valence-corrected chi connectivity index (χ4v) is 3.69. The molecule has 21 heavy (non-hydrogen) atoms. The Bertz CT molecular complexity index is 596. The summed E-state index contributed by atoms with van der Waals surface area (Å²) in [6, 6.07) is 9.39. The molecule has 0 spiro atoms. The van der Waals surface area contributed by atoms with Gasteiger partial charge in [0.2, 0.25) is 6.33 Å². The monoisotopic (exact) mass is 287 g/mol. The van der Waals surface area contributed by atoms with Crippen LogP contribution in [-0.4, -0.2) is 16.3 Å². The Kier molecular flexibility index (Phi) is 4.29. The molecule has 1 heterocycles. The number of benzene rings is 1. The zero-order valence-electron chi connectivity index (χ0n) is 13.2. The van der Waals surface area contributed by atoms with Crippen LogP contribution in [0.2, 0.25) is 0 Å². The van der Waals surface area contributed by atoms with E-state index in [4.69, 9.17) is 0 Å². The van der Waals surface area contributed by atoms with Crippen molar-refractivity contribution in [1.29, 1.82) is 0 Å². The number of hydrogen-bond donors (Lipinski definition) is 1. The summed E-state index contributed by atoms with van der Waals surface area (Å²) in [6.07, 6.45) is 8.87. The van der Waals surface area contributed by atoms with Gasteiger partial charge >= 0.3 is 0 Å². The lowest BCUT2D eigenvalue weighted by molar-refractivity contribution is -0.702. The second-order valence-electron chi connectivity index (χ2n) is 6.70. The Morgan fingerprint density at radius 3 is 2.57 bits per heavy atom. The number of nitrogens with zero attached hydrogens (tertiary/aromatic N) is 2. The summed E-state index contributed by atoms with van der Waals surface area (Å²) in [6.45, 7) is 4.56. The molecule has 1 aromatic heterocycles. The van der Waals surface area contributed by atoms with Gasteiger partial charge in [-0.25, -0.2) is 9.13 Å². The first-order valence-corrected chi connectivity index (χ1v) is 8.34. The molecule has 1 aliphatic carbocycles. The normalized spacial score (nSPS) is 18.5. The van der Waals surface area contributed by atoms with Crippen LogP contribution in [0.3, 0.4) is 0 Å². The van der Waals surface area contributed by atoms with E-state index >= 15 is 0 Å². The minimum absolute atomic E-state index is 0.153. The molecule has 0 radical (unpaired) electrons. The number of hydrogen-bond acceptors (Lipinski definition) is 1. The van der Waals surface area contributed by atoms with Gasteiger partial charge in [0, 0.05) is 0 Å². The van der Waals surface area contributed by atoms with E-state index in [1.54, 1.807) is 0 Å². The summed E-state index contributed by atoms with van der Waals surface area (Å²) in [5.74, 6) is 0.422. The molecule has 0 aliphatic heterocycles. The summed E-state index contributed by atoms with van der Waals surface area (Å²) in [5.41, 5.74) is 2.55. The molecule has 0 saturated heterocycles. The molecular formula is C18H27N2O+. The second kappa shape index (κ2) is 6.18. The zero-order chi connectivity index (χ0) is 14.8. The molecule has 1 saturated carbocycles. The Morgan fingerprint density at radius 1 is 1.19 bits per heavy atom. The third-order valence-electron chi connectivity index (χ3n) is 4.97. The maximum Gasteiger partial charge on any atom is 0.245 e. The molecule has 1 fully saturated rings. The first kappa shape index (κ1) is 14.6. The zero-order valence-corrected chi connectivity index (χ0v) is 13.2. The molecule has 3 nitrogen and oxygen atoms in total. The molecule has 1 unspecified atom stereocenters. The number of aliphatic hydroxyl groups is 1. The third kappa shape index (κ3) is 2.71. The largest absolute Gasteiger partial charge is 0.392 e. The molecule has 3 heteroatoms. The van der Waals surface area contributed by atoms with Crippen molar-refractivity contribution >= 4 is 11.0 Å². The van der Waals surface area contributed by atoms with E-state index in [2.05, 4.69) is 53.6 Å². The number of rotatable bonds is 4. The highest BCUT2D eigenvalue weighted by Crippen LogP contribution is 2.28. The molecule has 3 rings (SSSR count). The molecule has 0 amide bonds. The predicted molar refractivity (Wildman–Crippen MR) is 85.2 cm³/mol. The maximum absolute atomic E-state index is 9.80. The lowest BCUT2D eigenvalue weighted by atomic mass is 9.95. The average Bonchev–Trinajstić information content (AvgIpc) is 2.88. The van der Waals surface area contributed by atoms with E-state index in [1.165, 1.54) is 43.1 Å². The summed E-state index contributed by atoms with van der Waals surface area (Å²) in [4.78, 5) is 0. The number of imidazole rings is 1. The number of aromatic nitrogens is 2. The SMILES string of the molecule is CC(C)C(CO)n1c[n+](C2CCCCC2)c2ccccc21. The van der Waals surface area contributed by atoms with Gasteiger partial charge in [-0.2, -0.15) is 0 Å². The van der Waals surface area contributed by atoms with Gasteiger partial charge < -0.3 is 5.11 Å². The molecular weight excluding hydrogens is 260 g/mol. The van der Waals surface area contributed by atoms with Crippen LogP contribution in [0.4, 0.5) is 0 Å². The molecule has 1 aromatic carbocycles. The first-order chi connectivity index (χ1) is 10.2. The van der Waals surface area contributed by atoms with Crippen molar-refractivity contribution in [1.82, 2.24) is 4.57 Å². The molecule has 0 bridgehead atoms. The summed E-state index contributed by atoms with van der Waals surface area (Å²) < 4.78 is 4.74. The summed E-state index contributed by atoms with van der Waals surface area (Å²) in [5, 5.41) is 9.80. The van der Waals surface area contributed by atoms with Gasteiger partial charge in [0.15, 0.2) is 11.0 Å². The molecule has 1 atom stereocenters. The third-order valence-corrected chi connectivity index (χ3v) is 4.97. The number of para-hydroxylation sites is 2. The van der Waals surface area contributed by atoms with Gasteiger partial charge in [0.25, 0.3) is 0 Å². The lowest BCUT2D eigenvalue weighted by Gasteiger charge is -2.19. The van der Waals surface area contributed by atoms with Gasteiger partial charge in [0.1, 0.15) is 12.1 Å². The van der Waals surface area contributed by atoms with Gasteiger partial charge in [0.05, 0.1) is 6.61 Å². The topological polar surface area (TPSA) is 29.0 Å². The van der Waals surface area contributed by atoms with Crippen molar-refractivity contribution in [2.24, 2.45) is 5.92 Å². The van der Waals surface area contributed by atoms with Crippen molar-refractivity contribution in [2.45, 2.75) is 58.0 Å². The van der Waals surface area contributed by atoms with Crippen LogP contribution < -0.4 is 4.57 Å². The molecule has 114 valence electrons. The molecule has 1 aliphatic rings. The van der Waals surface area contributed by atoms with Crippen molar-refractivity contribution < 1.29 is 9.67 Å². The second-order valence-corrected chi connectivity index (χ2v) is 6.70. The van der Waals surface area contributed by atoms with E-state index < -0.39 is 0 Å². The van der Waals surface area contributed by atoms with Gasteiger partial charge in [-0.15, -0.1) is 0 Å². The van der Waals surface area contributed by atoms with Crippen molar-refractivity contribution in [2.75, 3.05) is 6.61 Å². The average molecular weight is 287 g/mol. The first-order valence-electron chi connectivity index (χ1n) is 8.34. The molecule has 1 N–H and O–H groups in total. The van der Waals surface area contributed by atoms with E-state index in [1.807, 2.05) is 0 Å². The quantitative estimate of drug-likeness (QED) is 0.855. The van der Waals surface area contributed by atoms with Crippen molar-refractivity contribution in [3.05, 3.63) is 30.6 Å². The van der Waals surface area contributed by atoms with Crippen molar-refractivity contribution in [3.8, 4) is 0 Å². The van der Waals surface area contributed by atoms with Crippen LogP contribution >= 0.6 is 0 Å². The Hall–Kier alpha value is -1.35. The highest BCUT2D eigenvalue weighted by Gasteiger charge is 2.28. The van der Waals surface area contributed by atoms with Gasteiger partial charge in [-0.3, -0.25) is 0 Å². The summed E-state index contributed by atoms with van der Waals surface area (Å²) in [7, 11) is 0. The predicted octanol–water partition coefficient (Wildman–Crippen LogP) is 3.62. The van der Waals surface area contributed by atoms with Crippen LogP contribution in [-0.2, 0) is 0 Å². The van der Waals surface area contributed by atoms with Crippen molar-refractivity contribution in [3.63, 3.8) is 0 Å². The number of aliphatic hydroxyl groups excluding tert-OH is 1. The smallest absolute Gasteiger partial charge is 0.245 e. The highest BCUT2D eigenvalue weighted by atomic mass is 16.3. The van der Waals surface area contributed by atoms with Crippen LogP contribution in [0, 0.1) is 5.92 Å². The molecule has 2 aromatic rings. The van der Waals surface area contributed by atoms with Crippen LogP contribution in [0.5, 0.6) is 0 Å². The highest BCUT2D eigenvalue weighted by molar-refractivity contribution is 5.71. The Balaban J connectivity index is 2.09.